The van der Waals surface area contributed by atoms with E-state index in [2.05, 4.69) is 11.4 Å². The van der Waals surface area contributed by atoms with Gasteiger partial charge >= 0.3 is 0 Å². The quantitative estimate of drug-likeness (QED) is 0.822. The highest BCUT2D eigenvalue weighted by atomic mass is 16.5. The van der Waals surface area contributed by atoms with Crippen LogP contribution < -0.4 is 10.1 Å². The van der Waals surface area contributed by atoms with Crippen molar-refractivity contribution in [3.8, 4) is 11.8 Å². The molecule has 1 atom stereocenters. The third-order valence-electron chi connectivity index (χ3n) is 2.87. The summed E-state index contributed by atoms with van der Waals surface area (Å²) in [5, 5.41) is 12.3. The number of nitriles is 1. The Labute approximate surface area is 96.0 Å². The molecule has 3 heteroatoms. The van der Waals surface area contributed by atoms with Crippen LogP contribution >= 0.6 is 0 Å². The van der Waals surface area contributed by atoms with E-state index in [-0.39, 0.29) is 6.10 Å². The maximum Gasteiger partial charge on any atom is 0.140 e. The number of aryl methyl sites for hydroxylation is 1. The molecule has 1 saturated heterocycles. The largest absolute Gasteiger partial charge is 0.487 e. The monoisotopic (exact) mass is 216 g/mol. The third kappa shape index (κ3) is 2.34. The SMILES string of the molecule is Cc1cccc(C#N)c1O[C@H]1CCCNC1. The van der Waals surface area contributed by atoms with E-state index in [4.69, 9.17) is 10.00 Å². The van der Waals surface area contributed by atoms with E-state index in [0.29, 0.717) is 5.56 Å². The number of nitrogens with zero attached hydrogens (tertiary/aromatic N) is 1. The molecule has 2 rings (SSSR count). The summed E-state index contributed by atoms with van der Waals surface area (Å²) in [4.78, 5) is 0. The van der Waals surface area contributed by atoms with Crippen LogP contribution in [0.1, 0.15) is 24.0 Å². The van der Waals surface area contributed by atoms with Gasteiger partial charge in [-0.3, -0.25) is 0 Å². The number of piperidine rings is 1. The van der Waals surface area contributed by atoms with Crippen LogP contribution in [0.15, 0.2) is 18.2 Å². The van der Waals surface area contributed by atoms with Gasteiger partial charge in [0.15, 0.2) is 0 Å². The van der Waals surface area contributed by atoms with Crippen LogP contribution in [0.4, 0.5) is 0 Å². The predicted molar refractivity (Wildman–Crippen MR) is 62.4 cm³/mol. The minimum Gasteiger partial charge on any atom is -0.487 e. The van der Waals surface area contributed by atoms with Crippen molar-refractivity contribution in [2.24, 2.45) is 0 Å². The lowest BCUT2D eigenvalue weighted by molar-refractivity contribution is 0.165. The van der Waals surface area contributed by atoms with Crippen LogP contribution in [0.5, 0.6) is 5.75 Å². The van der Waals surface area contributed by atoms with Gasteiger partial charge in [-0.2, -0.15) is 5.26 Å². The van der Waals surface area contributed by atoms with Crippen molar-refractivity contribution in [3.63, 3.8) is 0 Å². The molecule has 0 aliphatic carbocycles. The third-order valence-corrected chi connectivity index (χ3v) is 2.87. The van der Waals surface area contributed by atoms with Crippen molar-refractivity contribution in [1.29, 1.82) is 5.26 Å². The molecule has 1 N–H and O–H groups in total. The lowest BCUT2D eigenvalue weighted by Gasteiger charge is -2.25. The maximum absolute atomic E-state index is 9.03. The van der Waals surface area contributed by atoms with E-state index in [1.807, 2.05) is 19.1 Å². The molecule has 1 aliphatic rings. The van der Waals surface area contributed by atoms with Crippen LogP contribution in [0, 0.1) is 18.3 Å². The number of rotatable bonds is 2. The molecule has 0 radical (unpaired) electrons. The molecule has 16 heavy (non-hydrogen) atoms. The summed E-state index contributed by atoms with van der Waals surface area (Å²) in [5.41, 5.74) is 1.66. The maximum atomic E-state index is 9.03. The van der Waals surface area contributed by atoms with E-state index in [1.54, 1.807) is 6.07 Å². The minimum atomic E-state index is 0.196. The number of para-hydroxylation sites is 1. The van der Waals surface area contributed by atoms with E-state index in [1.165, 1.54) is 0 Å². The van der Waals surface area contributed by atoms with Gasteiger partial charge in [0.25, 0.3) is 0 Å². The molecule has 0 bridgehead atoms. The lowest BCUT2D eigenvalue weighted by atomic mass is 10.1. The van der Waals surface area contributed by atoms with Gasteiger partial charge in [0, 0.05) is 6.54 Å². The smallest absolute Gasteiger partial charge is 0.140 e. The van der Waals surface area contributed by atoms with E-state index in [9.17, 15) is 0 Å². The Bertz CT molecular complexity index is 403. The number of benzene rings is 1. The highest BCUT2D eigenvalue weighted by molar-refractivity contribution is 5.47. The van der Waals surface area contributed by atoms with E-state index in [0.717, 1.165) is 37.2 Å². The zero-order chi connectivity index (χ0) is 11.4. The zero-order valence-electron chi connectivity index (χ0n) is 9.49. The van der Waals surface area contributed by atoms with Gasteiger partial charge < -0.3 is 10.1 Å². The van der Waals surface area contributed by atoms with Crippen LogP contribution in [0.3, 0.4) is 0 Å². The summed E-state index contributed by atoms with van der Waals surface area (Å²) in [5.74, 6) is 0.749. The Morgan fingerprint density at radius 1 is 1.50 bits per heavy atom. The average molecular weight is 216 g/mol. The number of nitrogens with one attached hydrogen (secondary N) is 1. The van der Waals surface area contributed by atoms with Gasteiger partial charge in [0.1, 0.15) is 17.9 Å². The fourth-order valence-electron chi connectivity index (χ4n) is 1.98. The van der Waals surface area contributed by atoms with Crippen molar-refractivity contribution in [2.45, 2.75) is 25.9 Å². The second-order valence-corrected chi connectivity index (χ2v) is 4.15. The molecule has 0 unspecified atom stereocenters. The standard InChI is InChI=1S/C13H16N2O/c1-10-4-2-5-11(8-14)13(10)16-12-6-3-7-15-9-12/h2,4-5,12,15H,3,6-7,9H2,1H3/t12-/m0/s1. The predicted octanol–water partition coefficient (Wildman–Crippen LogP) is 2.00. The highest BCUT2D eigenvalue weighted by Crippen LogP contribution is 2.25. The Kier molecular flexibility index (Phi) is 3.43. The molecule has 0 amide bonds. The van der Waals surface area contributed by atoms with Crippen molar-refractivity contribution in [1.82, 2.24) is 5.32 Å². The lowest BCUT2D eigenvalue weighted by Crippen LogP contribution is -2.37. The highest BCUT2D eigenvalue weighted by Gasteiger charge is 2.17. The Hall–Kier alpha value is -1.53. The summed E-state index contributed by atoms with van der Waals surface area (Å²) in [6.07, 6.45) is 2.40. The summed E-state index contributed by atoms with van der Waals surface area (Å²) in [6, 6.07) is 7.85. The first-order valence-electron chi connectivity index (χ1n) is 5.68. The van der Waals surface area contributed by atoms with Gasteiger partial charge in [-0.15, -0.1) is 0 Å². The molecule has 84 valence electrons. The van der Waals surface area contributed by atoms with Crippen LogP contribution in [-0.2, 0) is 0 Å². The minimum absolute atomic E-state index is 0.196. The Morgan fingerprint density at radius 3 is 3.06 bits per heavy atom. The molecule has 1 aromatic carbocycles. The van der Waals surface area contributed by atoms with Gasteiger partial charge in [-0.05, 0) is 37.9 Å². The fourth-order valence-corrected chi connectivity index (χ4v) is 1.98. The molecule has 3 nitrogen and oxygen atoms in total. The first-order valence-corrected chi connectivity index (χ1v) is 5.68. The molecule has 1 heterocycles. The summed E-state index contributed by atoms with van der Waals surface area (Å²) in [6.45, 7) is 3.92. The number of hydrogen-bond acceptors (Lipinski definition) is 3. The van der Waals surface area contributed by atoms with Crippen LogP contribution in [0.2, 0.25) is 0 Å². The Balaban J connectivity index is 2.16. The first-order chi connectivity index (χ1) is 7.81. The molecule has 0 saturated carbocycles. The molecule has 1 fully saturated rings. The molecule has 0 spiro atoms. The summed E-state index contributed by atoms with van der Waals surface area (Å²) in [7, 11) is 0. The molecular formula is C13H16N2O. The van der Waals surface area contributed by atoms with Crippen LogP contribution in [0.25, 0.3) is 0 Å². The Morgan fingerprint density at radius 2 is 2.38 bits per heavy atom. The summed E-state index contributed by atoms with van der Waals surface area (Å²) < 4.78 is 5.92. The normalized spacial score (nSPS) is 20.1. The molecular weight excluding hydrogens is 200 g/mol. The topological polar surface area (TPSA) is 45.0 Å². The number of ether oxygens (including phenoxy) is 1. The van der Waals surface area contributed by atoms with Gasteiger partial charge in [0.05, 0.1) is 5.56 Å². The molecule has 1 aliphatic heterocycles. The van der Waals surface area contributed by atoms with E-state index >= 15 is 0 Å². The first kappa shape index (κ1) is 11.0. The molecule has 1 aromatic rings. The van der Waals surface area contributed by atoms with Crippen LogP contribution in [-0.4, -0.2) is 19.2 Å². The van der Waals surface area contributed by atoms with Crippen molar-refractivity contribution >= 4 is 0 Å². The van der Waals surface area contributed by atoms with Gasteiger partial charge in [0.2, 0.25) is 0 Å². The number of hydrogen-bond donors (Lipinski definition) is 1. The van der Waals surface area contributed by atoms with Gasteiger partial charge in [-0.25, -0.2) is 0 Å². The van der Waals surface area contributed by atoms with Gasteiger partial charge in [-0.1, -0.05) is 12.1 Å². The summed E-state index contributed by atoms with van der Waals surface area (Å²) >= 11 is 0. The van der Waals surface area contributed by atoms with E-state index < -0.39 is 0 Å². The second kappa shape index (κ2) is 5.00. The van der Waals surface area contributed by atoms with Crippen molar-refractivity contribution in [3.05, 3.63) is 29.3 Å². The zero-order valence-corrected chi connectivity index (χ0v) is 9.49. The average Bonchev–Trinajstić information content (AvgIpc) is 2.33. The second-order valence-electron chi connectivity index (χ2n) is 4.15. The molecule has 0 aromatic heterocycles. The van der Waals surface area contributed by atoms with Crippen molar-refractivity contribution < 1.29 is 4.74 Å². The fraction of sp³-hybridized carbons (Fsp3) is 0.462. The van der Waals surface area contributed by atoms with Crippen molar-refractivity contribution in [2.75, 3.05) is 13.1 Å².